The van der Waals surface area contributed by atoms with Crippen molar-refractivity contribution < 1.29 is 14.4 Å². The summed E-state index contributed by atoms with van der Waals surface area (Å²) < 4.78 is 13.8. The van der Waals surface area contributed by atoms with Crippen molar-refractivity contribution in [1.82, 2.24) is 14.3 Å². The normalized spacial score (nSPS) is 11.9. The van der Waals surface area contributed by atoms with Crippen LogP contribution in [0, 0.1) is 22.5 Å². The molecule has 40 heavy (non-hydrogen) atoms. The Hall–Kier alpha value is -4.17. The standard InChI is InChI=1S/C15H13Cl2N3O2.C12H9ClN2O3/c1-2-7-22-13-9-12(10(16)8-11(13)17)20-15(21)19-6-4-3-5-14(19)18-20;13-11-10(18-8-4-2-1-3-5-8)7-6-9(12(11)14)15(16)17/h1,8-9H,3-7H2;1-7H,14H2. The topological polar surface area (TPSA) is 127 Å². The zero-order valence-electron chi connectivity index (χ0n) is 20.9. The minimum atomic E-state index is -0.590. The highest BCUT2D eigenvalue weighted by molar-refractivity contribution is 6.36. The number of benzene rings is 3. The molecule has 2 heterocycles. The lowest BCUT2D eigenvalue weighted by Gasteiger charge is -2.09. The number of aryl methyl sites for hydroxylation is 1. The average Bonchev–Trinajstić information content (AvgIpc) is 3.28. The lowest BCUT2D eigenvalue weighted by molar-refractivity contribution is -0.383. The van der Waals surface area contributed by atoms with Crippen LogP contribution in [0.5, 0.6) is 17.2 Å². The van der Waals surface area contributed by atoms with Crippen molar-refractivity contribution in [3.8, 4) is 35.3 Å². The predicted molar refractivity (Wildman–Crippen MR) is 154 cm³/mol. The van der Waals surface area contributed by atoms with E-state index in [4.69, 9.17) is 56.4 Å². The van der Waals surface area contributed by atoms with Gasteiger partial charge in [0.15, 0.2) is 0 Å². The molecule has 13 heteroatoms. The van der Waals surface area contributed by atoms with Crippen molar-refractivity contribution in [3.05, 3.63) is 96.1 Å². The van der Waals surface area contributed by atoms with Crippen molar-refractivity contribution in [3.63, 3.8) is 0 Å². The van der Waals surface area contributed by atoms with E-state index in [0.717, 1.165) is 25.1 Å². The Morgan fingerprint density at radius 2 is 1.82 bits per heavy atom. The van der Waals surface area contributed by atoms with Gasteiger partial charge in [-0.3, -0.25) is 14.7 Å². The predicted octanol–water partition coefficient (Wildman–Crippen LogP) is 6.31. The van der Waals surface area contributed by atoms with Crippen molar-refractivity contribution >= 4 is 46.2 Å². The summed E-state index contributed by atoms with van der Waals surface area (Å²) in [7, 11) is 0. The third-order valence-corrected chi connectivity index (χ3v) is 6.79. The monoisotopic (exact) mass is 601 g/mol. The minimum Gasteiger partial charge on any atom is -0.479 e. The van der Waals surface area contributed by atoms with Gasteiger partial charge in [-0.05, 0) is 37.1 Å². The zero-order chi connectivity index (χ0) is 28.8. The summed E-state index contributed by atoms with van der Waals surface area (Å²) >= 11 is 18.2. The first-order valence-corrected chi connectivity index (χ1v) is 13.0. The Morgan fingerprint density at radius 3 is 2.50 bits per heavy atom. The number of aromatic nitrogens is 3. The Labute approximate surface area is 243 Å². The van der Waals surface area contributed by atoms with Gasteiger partial charge < -0.3 is 15.2 Å². The number of terminal acetylenes is 1. The number of nitro benzene ring substituents is 1. The lowest BCUT2D eigenvalue weighted by Crippen LogP contribution is -2.26. The second kappa shape index (κ2) is 12.8. The highest BCUT2D eigenvalue weighted by Crippen LogP contribution is 2.39. The van der Waals surface area contributed by atoms with Gasteiger partial charge in [-0.15, -0.1) is 11.5 Å². The van der Waals surface area contributed by atoms with Crippen LogP contribution in [0.15, 0.2) is 59.4 Å². The molecule has 0 unspecified atom stereocenters. The Morgan fingerprint density at radius 1 is 1.07 bits per heavy atom. The molecule has 3 aromatic carbocycles. The molecule has 1 aromatic heterocycles. The first-order valence-electron chi connectivity index (χ1n) is 11.9. The number of nitro groups is 1. The van der Waals surface area contributed by atoms with Gasteiger partial charge in [0, 0.05) is 25.1 Å². The van der Waals surface area contributed by atoms with Gasteiger partial charge in [-0.1, -0.05) is 58.9 Å². The van der Waals surface area contributed by atoms with Gasteiger partial charge >= 0.3 is 5.69 Å². The maximum atomic E-state index is 12.5. The maximum absolute atomic E-state index is 12.5. The largest absolute Gasteiger partial charge is 0.479 e. The van der Waals surface area contributed by atoms with Crippen molar-refractivity contribution in [2.24, 2.45) is 0 Å². The van der Waals surface area contributed by atoms with E-state index in [1.165, 1.54) is 22.9 Å². The van der Waals surface area contributed by atoms with E-state index >= 15 is 0 Å². The van der Waals surface area contributed by atoms with Gasteiger partial charge in [-0.2, -0.15) is 4.68 Å². The van der Waals surface area contributed by atoms with E-state index in [2.05, 4.69) is 11.0 Å². The van der Waals surface area contributed by atoms with Gasteiger partial charge in [0.05, 0.1) is 20.7 Å². The van der Waals surface area contributed by atoms with Crippen LogP contribution < -0.4 is 20.9 Å². The second-order valence-corrected chi connectivity index (χ2v) is 9.62. The average molecular weight is 603 g/mol. The minimum absolute atomic E-state index is 0.0352. The lowest BCUT2D eigenvalue weighted by atomic mass is 10.2. The van der Waals surface area contributed by atoms with E-state index in [0.29, 0.717) is 33.8 Å². The van der Waals surface area contributed by atoms with Crippen LogP contribution in [0.2, 0.25) is 15.1 Å². The highest BCUT2D eigenvalue weighted by Gasteiger charge is 2.21. The maximum Gasteiger partial charge on any atom is 0.350 e. The first-order chi connectivity index (χ1) is 19.2. The summed E-state index contributed by atoms with van der Waals surface area (Å²) in [5, 5.41) is 15.7. The molecule has 0 amide bonds. The van der Waals surface area contributed by atoms with E-state index in [1.54, 1.807) is 34.9 Å². The fraction of sp³-hybridized carbons (Fsp3) is 0.185. The van der Waals surface area contributed by atoms with Crippen LogP contribution in [0.4, 0.5) is 11.4 Å². The summed E-state index contributed by atoms with van der Waals surface area (Å²) in [5.74, 6) is 4.37. The van der Waals surface area contributed by atoms with Crippen molar-refractivity contribution in [2.75, 3.05) is 12.3 Å². The number of halogens is 3. The number of nitrogens with two attached hydrogens (primary N) is 1. The Bertz CT molecular complexity index is 1650. The molecule has 0 radical (unpaired) electrons. The van der Waals surface area contributed by atoms with E-state index < -0.39 is 4.92 Å². The number of nitrogen functional groups attached to an aromatic ring is 1. The quantitative estimate of drug-likeness (QED) is 0.119. The van der Waals surface area contributed by atoms with Gasteiger partial charge in [-0.25, -0.2) is 4.79 Å². The third-order valence-electron chi connectivity index (χ3n) is 5.80. The molecule has 1 aliphatic rings. The number of nitrogens with zero attached hydrogens (tertiary/aromatic N) is 4. The Balaban J connectivity index is 0.000000189. The number of para-hydroxylation sites is 1. The van der Waals surface area contributed by atoms with Crippen molar-refractivity contribution in [1.29, 1.82) is 0 Å². The molecule has 0 atom stereocenters. The molecule has 206 valence electrons. The van der Waals surface area contributed by atoms with Gasteiger partial charge in [0.25, 0.3) is 5.69 Å². The van der Waals surface area contributed by atoms with Crippen LogP contribution in [0.3, 0.4) is 0 Å². The second-order valence-electron chi connectivity index (χ2n) is 8.43. The number of anilines is 1. The molecule has 0 bridgehead atoms. The number of hydrogen-bond acceptors (Lipinski definition) is 7. The zero-order valence-corrected chi connectivity index (χ0v) is 23.1. The molecule has 0 aliphatic carbocycles. The number of hydrogen-bond donors (Lipinski definition) is 1. The number of ether oxygens (including phenoxy) is 2. The van der Waals surface area contributed by atoms with Gasteiger partial charge in [0.1, 0.15) is 40.4 Å². The van der Waals surface area contributed by atoms with Crippen LogP contribution >= 0.6 is 34.8 Å². The summed E-state index contributed by atoms with van der Waals surface area (Å²) in [6, 6.07) is 14.7. The summed E-state index contributed by atoms with van der Waals surface area (Å²) in [6.45, 7) is 0.759. The molecule has 0 fully saturated rings. The first kappa shape index (κ1) is 28.8. The summed E-state index contributed by atoms with van der Waals surface area (Å²) in [6.07, 6.45) is 7.97. The molecule has 0 saturated carbocycles. The van der Waals surface area contributed by atoms with E-state index in [9.17, 15) is 14.9 Å². The fourth-order valence-electron chi connectivity index (χ4n) is 3.88. The molecule has 0 spiro atoms. The van der Waals surface area contributed by atoms with Crippen LogP contribution in [-0.4, -0.2) is 25.9 Å². The van der Waals surface area contributed by atoms with E-state index in [1.807, 2.05) is 6.07 Å². The molecular weight excluding hydrogens is 581 g/mol. The number of fused-ring (bicyclic) bond motifs is 1. The SMILES string of the molecule is C#CCOc1cc(-n2nc3n(c2=O)CCCC3)c(Cl)cc1Cl.Nc1c([N+](=O)[O-])ccc(Oc2ccccc2)c1Cl. The molecule has 4 aromatic rings. The van der Waals surface area contributed by atoms with Gasteiger partial charge in [0.2, 0.25) is 0 Å². The summed E-state index contributed by atoms with van der Waals surface area (Å²) in [4.78, 5) is 22.6. The molecule has 5 rings (SSSR count). The fourth-order valence-corrected chi connectivity index (χ4v) is 4.60. The Kier molecular flexibility index (Phi) is 9.22. The van der Waals surface area contributed by atoms with E-state index in [-0.39, 0.29) is 34.4 Å². The molecular formula is C27H22Cl3N5O5. The highest BCUT2D eigenvalue weighted by atomic mass is 35.5. The smallest absolute Gasteiger partial charge is 0.350 e. The summed E-state index contributed by atoms with van der Waals surface area (Å²) in [5.41, 5.74) is 5.48. The van der Waals surface area contributed by atoms with Crippen LogP contribution in [0.1, 0.15) is 18.7 Å². The molecule has 10 nitrogen and oxygen atoms in total. The number of rotatable bonds is 6. The van der Waals surface area contributed by atoms with Crippen LogP contribution in [0.25, 0.3) is 5.69 Å². The molecule has 2 N–H and O–H groups in total. The van der Waals surface area contributed by atoms with Crippen molar-refractivity contribution in [2.45, 2.75) is 25.8 Å². The van der Waals surface area contributed by atoms with Crippen LogP contribution in [-0.2, 0) is 13.0 Å². The molecule has 0 saturated heterocycles. The third kappa shape index (κ3) is 6.34. The molecule has 1 aliphatic heterocycles.